The molecule has 0 unspecified atom stereocenters. The second-order valence-corrected chi connectivity index (χ2v) is 9.17. The molecule has 0 radical (unpaired) electrons. The Morgan fingerprint density at radius 3 is 1.69 bits per heavy atom. The maximum atomic E-state index is 13.2. The molecule has 0 atom stereocenters. The quantitative estimate of drug-likeness (QED) is 0.678. The standard InChI is InChI=1S/C18H16N2O4S2/c19-17-13-7-8-14-18(17)26(23,24)20(15-9-3-1-4-10-15)25(21,22)16-11-5-2-6-12-16/h1-14H,19H2. The lowest BCUT2D eigenvalue weighted by Crippen LogP contribution is -2.37. The molecule has 0 aliphatic heterocycles. The molecule has 6 nitrogen and oxygen atoms in total. The van der Waals surface area contributed by atoms with Crippen molar-refractivity contribution in [1.82, 2.24) is 0 Å². The molecular formula is C18H16N2O4S2. The number of hydrogen-bond donors (Lipinski definition) is 1. The van der Waals surface area contributed by atoms with Crippen LogP contribution in [0.15, 0.2) is 94.7 Å². The van der Waals surface area contributed by atoms with Crippen LogP contribution in [0.3, 0.4) is 0 Å². The summed E-state index contributed by atoms with van der Waals surface area (Å²) in [5.41, 5.74) is 5.77. The summed E-state index contributed by atoms with van der Waals surface area (Å²) in [6.07, 6.45) is 0. The lowest BCUT2D eigenvalue weighted by atomic mass is 10.3. The average molecular weight is 388 g/mol. The number of para-hydroxylation sites is 2. The Morgan fingerprint density at radius 1 is 0.615 bits per heavy atom. The van der Waals surface area contributed by atoms with Gasteiger partial charge in [-0.25, -0.2) is 8.42 Å². The summed E-state index contributed by atoms with van der Waals surface area (Å²) >= 11 is 0. The van der Waals surface area contributed by atoms with Crippen molar-refractivity contribution in [3.8, 4) is 0 Å². The fourth-order valence-electron chi connectivity index (χ4n) is 2.45. The molecule has 0 aliphatic carbocycles. The zero-order valence-electron chi connectivity index (χ0n) is 13.6. The van der Waals surface area contributed by atoms with Crippen LogP contribution in [0.4, 0.5) is 11.4 Å². The molecule has 0 amide bonds. The Hall–Kier alpha value is -2.84. The van der Waals surface area contributed by atoms with Gasteiger partial charge in [-0.05, 0) is 36.4 Å². The molecule has 134 valence electrons. The minimum absolute atomic E-state index is 0.000365. The molecule has 8 heteroatoms. The maximum Gasteiger partial charge on any atom is 0.279 e. The predicted octanol–water partition coefficient (Wildman–Crippen LogP) is 2.85. The van der Waals surface area contributed by atoms with Crippen LogP contribution in [0.1, 0.15) is 0 Å². The molecule has 0 fully saturated rings. The maximum absolute atomic E-state index is 13.2. The van der Waals surface area contributed by atoms with Crippen LogP contribution >= 0.6 is 0 Å². The first kappa shape index (κ1) is 18.0. The van der Waals surface area contributed by atoms with E-state index in [1.807, 2.05) is 0 Å². The van der Waals surface area contributed by atoms with Gasteiger partial charge in [0.25, 0.3) is 20.0 Å². The van der Waals surface area contributed by atoms with Crippen molar-refractivity contribution in [2.24, 2.45) is 0 Å². The van der Waals surface area contributed by atoms with Crippen molar-refractivity contribution < 1.29 is 16.8 Å². The SMILES string of the molecule is Nc1ccccc1S(=O)(=O)N(c1ccccc1)S(=O)(=O)c1ccccc1. The molecule has 0 aromatic heterocycles. The Kier molecular flexibility index (Phi) is 4.71. The zero-order chi connectivity index (χ0) is 18.8. The number of nitrogen functional groups attached to an aromatic ring is 1. The molecule has 3 aromatic carbocycles. The van der Waals surface area contributed by atoms with Crippen LogP contribution in [-0.2, 0) is 20.0 Å². The number of rotatable bonds is 5. The van der Waals surface area contributed by atoms with Crippen molar-refractivity contribution in [3.05, 3.63) is 84.9 Å². The van der Waals surface area contributed by atoms with Crippen LogP contribution in [-0.4, -0.2) is 16.8 Å². The predicted molar refractivity (Wildman–Crippen MR) is 101 cm³/mol. The highest BCUT2D eigenvalue weighted by atomic mass is 32.3. The van der Waals surface area contributed by atoms with E-state index in [9.17, 15) is 16.8 Å². The van der Waals surface area contributed by atoms with Gasteiger partial charge >= 0.3 is 0 Å². The van der Waals surface area contributed by atoms with E-state index >= 15 is 0 Å². The Labute approximate surface area is 152 Å². The summed E-state index contributed by atoms with van der Waals surface area (Å²) in [5, 5.41) is 0. The monoisotopic (exact) mass is 388 g/mol. The molecule has 0 aliphatic rings. The van der Waals surface area contributed by atoms with Gasteiger partial charge in [0.15, 0.2) is 0 Å². The Bertz CT molecular complexity index is 1110. The largest absolute Gasteiger partial charge is 0.398 e. The van der Waals surface area contributed by atoms with Crippen molar-refractivity contribution in [2.75, 3.05) is 9.44 Å². The van der Waals surface area contributed by atoms with Crippen LogP contribution in [0.5, 0.6) is 0 Å². The Balaban J connectivity index is 2.29. The second-order valence-electron chi connectivity index (χ2n) is 5.39. The van der Waals surface area contributed by atoms with Gasteiger partial charge in [-0.1, -0.05) is 48.5 Å². The van der Waals surface area contributed by atoms with Gasteiger partial charge in [-0.15, -0.1) is 0 Å². The average Bonchev–Trinajstić information content (AvgIpc) is 2.63. The number of anilines is 2. The molecule has 0 saturated carbocycles. The highest BCUT2D eigenvalue weighted by molar-refractivity contribution is 8.10. The van der Waals surface area contributed by atoms with E-state index in [4.69, 9.17) is 5.73 Å². The van der Waals surface area contributed by atoms with Crippen LogP contribution in [0.2, 0.25) is 0 Å². The normalized spacial score (nSPS) is 11.8. The van der Waals surface area contributed by atoms with Crippen LogP contribution in [0.25, 0.3) is 0 Å². The van der Waals surface area contributed by atoms with Crippen molar-refractivity contribution in [3.63, 3.8) is 0 Å². The summed E-state index contributed by atoms with van der Waals surface area (Å²) in [6, 6.07) is 20.8. The van der Waals surface area contributed by atoms with Gasteiger partial charge in [0.2, 0.25) is 0 Å². The highest BCUT2D eigenvalue weighted by Gasteiger charge is 2.37. The van der Waals surface area contributed by atoms with Crippen molar-refractivity contribution >= 4 is 31.4 Å². The van der Waals surface area contributed by atoms with Gasteiger partial charge in [-0.2, -0.15) is 12.1 Å². The van der Waals surface area contributed by atoms with E-state index < -0.39 is 20.0 Å². The molecule has 3 rings (SSSR count). The van der Waals surface area contributed by atoms with E-state index in [-0.39, 0.29) is 21.2 Å². The van der Waals surface area contributed by atoms with Crippen LogP contribution in [0, 0.1) is 0 Å². The lowest BCUT2D eigenvalue weighted by molar-refractivity contribution is 0.584. The summed E-state index contributed by atoms with van der Waals surface area (Å²) in [7, 11) is -8.86. The van der Waals surface area contributed by atoms with Gasteiger partial charge in [0.05, 0.1) is 16.3 Å². The van der Waals surface area contributed by atoms with E-state index in [1.165, 1.54) is 54.6 Å². The number of nitrogens with zero attached hydrogens (tertiary/aromatic N) is 1. The molecule has 2 N–H and O–H groups in total. The first-order valence-electron chi connectivity index (χ1n) is 7.60. The molecule has 0 bridgehead atoms. The smallest absolute Gasteiger partial charge is 0.279 e. The summed E-state index contributed by atoms with van der Waals surface area (Å²) in [6.45, 7) is 0. The molecule has 0 saturated heterocycles. The number of hydrogen-bond acceptors (Lipinski definition) is 5. The lowest BCUT2D eigenvalue weighted by Gasteiger charge is -2.24. The van der Waals surface area contributed by atoms with Gasteiger partial charge in [-0.3, -0.25) is 0 Å². The fraction of sp³-hybridized carbons (Fsp3) is 0. The number of nitrogens with two attached hydrogens (primary N) is 1. The fourth-order valence-corrected chi connectivity index (χ4v) is 6.27. The third kappa shape index (κ3) is 3.16. The molecule has 0 heterocycles. The molecule has 26 heavy (non-hydrogen) atoms. The summed E-state index contributed by atoms with van der Waals surface area (Å²) in [4.78, 5) is -0.412. The Morgan fingerprint density at radius 2 is 1.12 bits per heavy atom. The van der Waals surface area contributed by atoms with Crippen molar-refractivity contribution in [2.45, 2.75) is 9.79 Å². The molecule has 0 spiro atoms. The summed E-state index contributed by atoms with van der Waals surface area (Å²) < 4.78 is 53.2. The van der Waals surface area contributed by atoms with Crippen molar-refractivity contribution in [1.29, 1.82) is 0 Å². The van der Waals surface area contributed by atoms with E-state index in [0.29, 0.717) is 3.71 Å². The first-order valence-corrected chi connectivity index (χ1v) is 10.5. The van der Waals surface area contributed by atoms with E-state index in [1.54, 1.807) is 30.3 Å². The first-order chi connectivity index (χ1) is 12.3. The second kappa shape index (κ2) is 6.81. The minimum atomic E-state index is -4.47. The highest BCUT2D eigenvalue weighted by Crippen LogP contribution is 2.32. The van der Waals surface area contributed by atoms with Gasteiger partial charge in [0, 0.05) is 0 Å². The minimum Gasteiger partial charge on any atom is -0.398 e. The topological polar surface area (TPSA) is 97.5 Å². The van der Waals surface area contributed by atoms with Crippen LogP contribution < -0.4 is 9.44 Å². The van der Waals surface area contributed by atoms with Gasteiger partial charge < -0.3 is 5.73 Å². The van der Waals surface area contributed by atoms with Gasteiger partial charge in [0.1, 0.15) is 4.90 Å². The molecular weight excluding hydrogens is 372 g/mol. The zero-order valence-corrected chi connectivity index (χ0v) is 15.2. The third-order valence-electron chi connectivity index (χ3n) is 3.64. The number of sulfonamides is 2. The molecule has 3 aromatic rings. The number of benzene rings is 3. The third-order valence-corrected chi connectivity index (χ3v) is 7.91. The van der Waals surface area contributed by atoms with E-state index in [0.717, 1.165) is 0 Å². The summed E-state index contributed by atoms with van der Waals surface area (Å²) in [5.74, 6) is 0. The van der Waals surface area contributed by atoms with E-state index in [2.05, 4.69) is 0 Å².